The van der Waals surface area contributed by atoms with E-state index in [0.29, 0.717) is 18.3 Å². The first-order valence-electron chi connectivity index (χ1n) is 7.94. The van der Waals surface area contributed by atoms with Crippen LogP contribution in [0, 0.1) is 0 Å². The first-order valence-corrected chi connectivity index (χ1v) is 7.94. The van der Waals surface area contributed by atoms with Crippen molar-refractivity contribution in [2.24, 2.45) is 0 Å². The summed E-state index contributed by atoms with van der Waals surface area (Å²) in [6, 6.07) is 11.9. The average molecular weight is 322 g/mol. The number of pyridine rings is 1. The Morgan fingerprint density at radius 3 is 2.92 bits per heavy atom. The van der Waals surface area contributed by atoms with Crippen LogP contribution in [0.2, 0.25) is 0 Å². The van der Waals surface area contributed by atoms with Crippen LogP contribution in [0.25, 0.3) is 11.5 Å². The molecule has 0 radical (unpaired) electrons. The van der Waals surface area contributed by atoms with Gasteiger partial charge in [0.15, 0.2) is 0 Å². The van der Waals surface area contributed by atoms with E-state index in [9.17, 15) is 0 Å². The maximum atomic E-state index is 5.97. The van der Waals surface area contributed by atoms with Gasteiger partial charge in [0, 0.05) is 25.4 Å². The van der Waals surface area contributed by atoms with E-state index in [2.05, 4.69) is 26.1 Å². The molecule has 4 rings (SSSR count). The number of ether oxygens (including phenoxy) is 1. The summed E-state index contributed by atoms with van der Waals surface area (Å²) >= 11 is 0. The second-order valence-corrected chi connectivity index (χ2v) is 5.99. The molecule has 122 valence electrons. The summed E-state index contributed by atoms with van der Waals surface area (Å²) in [7, 11) is 2.03. The fraction of sp³-hybridized carbons (Fsp3) is 0.278. The van der Waals surface area contributed by atoms with Crippen LogP contribution in [0.5, 0.6) is 5.75 Å². The van der Waals surface area contributed by atoms with Crippen molar-refractivity contribution >= 4 is 0 Å². The van der Waals surface area contributed by atoms with Gasteiger partial charge in [0.25, 0.3) is 0 Å². The van der Waals surface area contributed by atoms with Gasteiger partial charge in [0.2, 0.25) is 11.8 Å². The molecule has 0 fully saturated rings. The standard InChI is InChI=1S/C18H18N4O2/c1-22(11-15-9-13-5-2-3-7-16(13)23-15)12-17-20-21-18(24-17)14-6-4-8-19-10-14/h2-8,10,15H,9,11-12H2,1H3. The van der Waals surface area contributed by atoms with E-state index in [1.54, 1.807) is 12.4 Å². The molecular formula is C18H18N4O2. The number of hydrogen-bond acceptors (Lipinski definition) is 6. The number of aromatic nitrogens is 3. The number of para-hydroxylation sites is 1. The number of fused-ring (bicyclic) bond motifs is 1. The van der Waals surface area contributed by atoms with E-state index in [0.717, 1.165) is 24.3 Å². The van der Waals surface area contributed by atoms with Crippen molar-refractivity contribution < 1.29 is 9.15 Å². The quantitative estimate of drug-likeness (QED) is 0.719. The van der Waals surface area contributed by atoms with Crippen LogP contribution in [-0.4, -0.2) is 39.8 Å². The number of benzene rings is 1. The normalized spacial score (nSPS) is 16.2. The van der Waals surface area contributed by atoms with Crippen molar-refractivity contribution in [3.8, 4) is 17.2 Å². The number of hydrogen-bond donors (Lipinski definition) is 0. The predicted octanol–water partition coefficient (Wildman–Crippen LogP) is 2.57. The topological polar surface area (TPSA) is 64.3 Å². The van der Waals surface area contributed by atoms with Gasteiger partial charge in [-0.15, -0.1) is 10.2 Å². The average Bonchev–Trinajstić information content (AvgIpc) is 3.21. The molecule has 0 N–H and O–H groups in total. The Labute approximate surface area is 140 Å². The van der Waals surface area contributed by atoms with Crippen molar-refractivity contribution in [1.29, 1.82) is 0 Å². The number of nitrogens with zero attached hydrogens (tertiary/aromatic N) is 4. The fourth-order valence-corrected chi connectivity index (χ4v) is 2.92. The Hall–Kier alpha value is -2.73. The zero-order valence-corrected chi connectivity index (χ0v) is 13.4. The molecule has 0 bridgehead atoms. The zero-order valence-electron chi connectivity index (χ0n) is 13.4. The molecule has 0 spiro atoms. The maximum Gasteiger partial charge on any atom is 0.249 e. The van der Waals surface area contributed by atoms with Gasteiger partial charge in [-0.05, 0) is 30.8 Å². The van der Waals surface area contributed by atoms with Gasteiger partial charge in [-0.25, -0.2) is 0 Å². The molecule has 0 amide bonds. The summed E-state index contributed by atoms with van der Waals surface area (Å²) in [5, 5.41) is 8.21. The van der Waals surface area contributed by atoms with Crippen LogP contribution in [0.1, 0.15) is 11.5 Å². The van der Waals surface area contributed by atoms with Crippen LogP contribution >= 0.6 is 0 Å². The molecule has 2 aromatic heterocycles. The molecule has 1 aromatic carbocycles. The van der Waals surface area contributed by atoms with Gasteiger partial charge >= 0.3 is 0 Å². The van der Waals surface area contributed by atoms with Crippen LogP contribution in [0.4, 0.5) is 0 Å². The summed E-state index contributed by atoms with van der Waals surface area (Å²) in [5.74, 6) is 2.08. The third-order valence-corrected chi connectivity index (χ3v) is 4.01. The lowest BCUT2D eigenvalue weighted by molar-refractivity contribution is 0.158. The molecule has 1 atom stereocenters. The maximum absolute atomic E-state index is 5.97. The molecule has 0 aliphatic carbocycles. The van der Waals surface area contributed by atoms with Gasteiger partial charge in [-0.1, -0.05) is 18.2 Å². The monoisotopic (exact) mass is 322 g/mol. The molecule has 6 heteroatoms. The van der Waals surface area contributed by atoms with Crippen molar-refractivity contribution in [2.45, 2.75) is 19.1 Å². The van der Waals surface area contributed by atoms with E-state index >= 15 is 0 Å². The Morgan fingerprint density at radius 1 is 1.17 bits per heavy atom. The van der Waals surface area contributed by atoms with Gasteiger partial charge in [0.1, 0.15) is 11.9 Å². The van der Waals surface area contributed by atoms with Crippen LogP contribution in [0.15, 0.2) is 53.2 Å². The SMILES string of the molecule is CN(Cc1nnc(-c2cccnc2)o1)CC1Cc2ccccc2O1. The summed E-state index contributed by atoms with van der Waals surface area (Å²) in [6.07, 6.45) is 4.53. The molecule has 3 heterocycles. The van der Waals surface area contributed by atoms with E-state index < -0.39 is 0 Å². The Balaban J connectivity index is 1.36. The Bertz CT molecular complexity index is 794. The summed E-state index contributed by atoms with van der Waals surface area (Å²) in [4.78, 5) is 6.20. The highest BCUT2D eigenvalue weighted by molar-refractivity contribution is 5.49. The summed E-state index contributed by atoms with van der Waals surface area (Å²) in [6.45, 7) is 1.39. The first kappa shape index (κ1) is 14.8. The van der Waals surface area contributed by atoms with Gasteiger partial charge in [0.05, 0.1) is 12.1 Å². The number of rotatable bonds is 5. The van der Waals surface area contributed by atoms with E-state index in [1.165, 1.54) is 5.56 Å². The Kier molecular flexibility index (Phi) is 3.96. The van der Waals surface area contributed by atoms with Crippen molar-refractivity contribution in [1.82, 2.24) is 20.1 Å². The second-order valence-electron chi connectivity index (χ2n) is 5.99. The molecule has 1 unspecified atom stereocenters. The van der Waals surface area contributed by atoms with Crippen molar-refractivity contribution in [3.63, 3.8) is 0 Å². The minimum atomic E-state index is 0.160. The molecule has 24 heavy (non-hydrogen) atoms. The van der Waals surface area contributed by atoms with Crippen molar-refractivity contribution in [2.75, 3.05) is 13.6 Å². The third-order valence-electron chi connectivity index (χ3n) is 4.01. The molecule has 1 aliphatic rings. The van der Waals surface area contributed by atoms with Crippen LogP contribution in [0.3, 0.4) is 0 Å². The third kappa shape index (κ3) is 3.14. The summed E-state index contributed by atoms with van der Waals surface area (Å²) in [5.41, 5.74) is 2.10. The van der Waals surface area contributed by atoms with Gasteiger partial charge in [-0.3, -0.25) is 9.88 Å². The number of likely N-dealkylation sites (N-methyl/N-ethyl adjacent to an activating group) is 1. The highest BCUT2D eigenvalue weighted by Crippen LogP contribution is 2.28. The molecule has 1 aliphatic heterocycles. The molecular weight excluding hydrogens is 304 g/mol. The minimum absolute atomic E-state index is 0.160. The van der Waals surface area contributed by atoms with Crippen LogP contribution < -0.4 is 4.74 Å². The zero-order chi connectivity index (χ0) is 16.4. The van der Waals surface area contributed by atoms with Gasteiger partial charge in [-0.2, -0.15) is 0 Å². The van der Waals surface area contributed by atoms with E-state index in [4.69, 9.17) is 9.15 Å². The first-order chi connectivity index (χ1) is 11.8. The lowest BCUT2D eigenvalue weighted by Crippen LogP contribution is -2.31. The highest BCUT2D eigenvalue weighted by atomic mass is 16.5. The van der Waals surface area contributed by atoms with E-state index in [1.807, 2.05) is 37.4 Å². The summed E-state index contributed by atoms with van der Waals surface area (Å²) < 4.78 is 11.7. The van der Waals surface area contributed by atoms with Crippen LogP contribution in [-0.2, 0) is 13.0 Å². The molecule has 3 aromatic rings. The van der Waals surface area contributed by atoms with E-state index in [-0.39, 0.29) is 6.10 Å². The lowest BCUT2D eigenvalue weighted by atomic mass is 10.1. The smallest absolute Gasteiger partial charge is 0.249 e. The molecule has 0 saturated heterocycles. The Morgan fingerprint density at radius 2 is 2.08 bits per heavy atom. The molecule has 6 nitrogen and oxygen atoms in total. The largest absolute Gasteiger partial charge is 0.488 e. The second kappa shape index (κ2) is 6.41. The predicted molar refractivity (Wildman–Crippen MR) is 88.4 cm³/mol. The fourth-order valence-electron chi connectivity index (χ4n) is 2.92. The highest BCUT2D eigenvalue weighted by Gasteiger charge is 2.24. The minimum Gasteiger partial charge on any atom is -0.488 e. The van der Waals surface area contributed by atoms with Gasteiger partial charge < -0.3 is 9.15 Å². The lowest BCUT2D eigenvalue weighted by Gasteiger charge is -2.19. The molecule has 0 saturated carbocycles. The van der Waals surface area contributed by atoms with Crippen molar-refractivity contribution in [3.05, 3.63) is 60.2 Å².